The molecule has 2 N–H and O–H groups in total. The quantitative estimate of drug-likeness (QED) is 0.912. The van der Waals surface area contributed by atoms with Crippen LogP contribution in [0.1, 0.15) is 17.2 Å². The van der Waals surface area contributed by atoms with E-state index in [-0.39, 0.29) is 25.2 Å². The monoisotopic (exact) mass is 269 g/mol. The number of ether oxygens (including phenoxy) is 2. The Hall–Kier alpha value is -1.23. The molecule has 5 heteroatoms. The number of halogens is 1. The van der Waals surface area contributed by atoms with Gasteiger partial charge in [-0.3, -0.25) is 0 Å². The topological polar surface area (TPSA) is 44.5 Å². The molecule has 1 aliphatic heterocycles. The standard InChI is InChI=1S/C12H11NO2S.ClH/c13-11(8-4-5-16-6-8)9-2-1-3-10-12(9)15-7-14-10;/h1-6,11H,7,13H2;1H/t11-;/m1./s1. The Bertz CT molecular complexity index is 501. The second kappa shape index (κ2) is 4.96. The first-order chi connectivity index (χ1) is 7.86. The number of thiophene rings is 1. The van der Waals surface area contributed by atoms with Gasteiger partial charge in [0, 0.05) is 5.56 Å². The van der Waals surface area contributed by atoms with Gasteiger partial charge in [0.25, 0.3) is 0 Å². The van der Waals surface area contributed by atoms with Crippen molar-refractivity contribution in [3.05, 3.63) is 46.2 Å². The Morgan fingerprint density at radius 1 is 1.24 bits per heavy atom. The third kappa shape index (κ3) is 2.11. The Labute approximate surface area is 110 Å². The molecule has 90 valence electrons. The average molecular weight is 270 g/mol. The summed E-state index contributed by atoms with van der Waals surface area (Å²) in [7, 11) is 0. The van der Waals surface area contributed by atoms with Crippen LogP contribution in [-0.4, -0.2) is 6.79 Å². The minimum Gasteiger partial charge on any atom is -0.454 e. The van der Waals surface area contributed by atoms with Crippen LogP contribution in [0.2, 0.25) is 0 Å². The van der Waals surface area contributed by atoms with Crippen molar-refractivity contribution in [2.75, 3.05) is 6.79 Å². The zero-order chi connectivity index (χ0) is 11.0. The summed E-state index contributed by atoms with van der Waals surface area (Å²) in [4.78, 5) is 0. The Morgan fingerprint density at radius 3 is 2.88 bits per heavy atom. The summed E-state index contributed by atoms with van der Waals surface area (Å²) in [6.45, 7) is 0.280. The van der Waals surface area contributed by atoms with Crippen molar-refractivity contribution in [2.24, 2.45) is 5.73 Å². The Balaban J connectivity index is 0.00000108. The van der Waals surface area contributed by atoms with Crippen molar-refractivity contribution in [1.29, 1.82) is 0 Å². The van der Waals surface area contributed by atoms with Crippen LogP contribution in [0.5, 0.6) is 11.5 Å². The molecule has 0 amide bonds. The van der Waals surface area contributed by atoms with Crippen molar-refractivity contribution in [1.82, 2.24) is 0 Å². The summed E-state index contributed by atoms with van der Waals surface area (Å²) in [5, 5.41) is 4.08. The van der Waals surface area contributed by atoms with Gasteiger partial charge in [0.15, 0.2) is 11.5 Å². The van der Waals surface area contributed by atoms with Gasteiger partial charge < -0.3 is 15.2 Å². The molecule has 0 saturated carbocycles. The maximum absolute atomic E-state index is 6.20. The summed E-state index contributed by atoms with van der Waals surface area (Å²) in [6, 6.07) is 7.70. The van der Waals surface area contributed by atoms with Crippen molar-refractivity contribution < 1.29 is 9.47 Å². The van der Waals surface area contributed by atoms with Crippen LogP contribution >= 0.6 is 23.7 Å². The fourth-order valence-corrected chi connectivity index (χ4v) is 2.53. The predicted octanol–water partition coefficient (Wildman–Crippen LogP) is 2.95. The summed E-state index contributed by atoms with van der Waals surface area (Å²) in [5.41, 5.74) is 8.29. The van der Waals surface area contributed by atoms with E-state index in [2.05, 4.69) is 5.38 Å². The summed E-state index contributed by atoms with van der Waals surface area (Å²) in [6.07, 6.45) is 0. The number of hydrogen-bond donors (Lipinski definition) is 1. The Kier molecular flexibility index (Phi) is 3.57. The third-order valence-corrected chi connectivity index (χ3v) is 3.37. The van der Waals surface area contributed by atoms with Gasteiger partial charge >= 0.3 is 0 Å². The molecular weight excluding hydrogens is 258 g/mol. The average Bonchev–Trinajstić information content (AvgIpc) is 2.98. The summed E-state index contributed by atoms with van der Waals surface area (Å²) in [5.74, 6) is 1.56. The highest BCUT2D eigenvalue weighted by Crippen LogP contribution is 2.39. The maximum Gasteiger partial charge on any atom is 0.231 e. The largest absolute Gasteiger partial charge is 0.454 e. The zero-order valence-corrected chi connectivity index (χ0v) is 10.6. The normalized spacial score (nSPS) is 14.2. The van der Waals surface area contributed by atoms with Crippen LogP contribution < -0.4 is 15.2 Å². The van der Waals surface area contributed by atoms with Gasteiger partial charge in [-0.25, -0.2) is 0 Å². The lowest BCUT2D eigenvalue weighted by Crippen LogP contribution is -2.11. The van der Waals surface area contributed by atoms with Gasteiger partial charge in [-0.05, 0) is 28.5 Å². The van der Waals surface area contributed by atoms with Crippen LogP contribution in [0.15, 0.2) is 35.0 Å². The second-order valence-electron chi connectivity index (χ2n) is 3.62. The van der Waals surface area contributed by atoms with E-state index in [1.807, 2.05) is 29.6 Å². The molecule has 0 aliphatic carbocycles. The van der Waals surface area contributed by atoms with E-state index in [1.165, 1.54) is 0 Å². The molecule has 0 radical (unpaired) electrons. The van der Waals surface area contributed by atoms with Crippen LogP contribution in [0.25, 0.3) is 0 Å². The molecular formula is C12H12ClNO2S. The molecule has 0 spiro atoms. The number of rotatable bonds is 2. The van der Waals surface area contributed by atoms with Gasteiger partial charge in [0.05, 0.1) is 6.04 Å². The van der Waals surface area contributed by atoms with Gasteiger partial charge in [0.2, 0.25) is 6.79 Å². The second-order valence-corrected chi connectivity index (χ2v) is 4.40. The molecule has 1 aromatic carbocycles. The van der Waals surface area contributed by atoms with Gasteiger partial charge in [-0.2, -0.15) is 11.3 Å². The van der Waals surface area contributed by atoms with Crippen LogP contribution in [-0.2, 0) is 0 Å². The van der Waals surface area contributed by atoms with Crippen molar-refractivity contribution in [3.8, 4) is 11.5 Å². The minimum atomic E-state index is -0.150. The van der Waals surface area contributed by atoms with E-state index in [0.717, 1.165) is 22.6 Å². The molecule has 3 rings (SSSR count). The van der Waals surface area contributed by atoms with E-state index < -0.39 is 0 Å². The minimum absolute atomic E-state index is 0. The molecule has 1 aliphatic rings. The molecule has 0 saturated heterocycles. The highest BCUT2D eigenvalue weighted by molar-refractivity contribution is 7.08. The maximum atomic E-state index is 6.20. The number of para-hydroxylation sites is 1. The van der Waals surface area contributed by atoms with Gasteiger partial charge in [0.1, 0.15) is 0 Å². The molecule has 0 bridgehead atoms. The highest BCUT2D eigenvalue weighted by atomic mass is 35.5. The molecule has 2 heterocycles. The smallest absolute Gasteiger partial charge is 0.231 e. The van der Waals surface area contributed by atoms with E-state index >= 15 is 0 Å². The number of fused-ring (bicyclic) bond motifs is 1. The Morgan fingerprint density at radius 2 is 2.12 bits per heavy atom. The zero-order valence-electron chi connectivity index (χ0n) is 8.96. The molecule has 0 fully saturated rings. The number of hydrogen-bond acceptors (Lipinski definition) is 4. The molecule has 17 heavy (non-hydrogen) atoms. The van der Waals surface area contributed by atoms with E-state index in [4.69, 9.17) is 15.2 Å². The summed E-state index contributed by atoms with van der Waals surface area (Å²) >= 11 is 1.64. The van der Waals surface area contributed by atoms with Gasteiger partial charge in [-0.15, -0.1) is 12.4 Å². The molecule has 2 aromatic rings. The van der Waals surface area contributed by atoms with Crippen LogP contribution in [0.3, 0.4) is 0 Å². The van der Waals surface area contributed by atoms with Gasteiger partial charge in [-0.1, -0.05) is 12.1 Å². The van der Waals surface area contributed by atoms with Crippen molar-refractivity contribution >= 4 is 23.7 Å². The first kappa shape index (κ1) is 12.2. The fraction of sp³-hybridized carbons (Fsp3) is 0.167. The van der Waals surface area contributed by atoms with E-state index in [1.54, 1.807) is 11.3 Å². The lowest BCUT2D eigenvalue weighted by atomic mass is 10.0. The summed E-state index contributed by atoms with van der Waals surface area (Å²) < 4.78 is 10.8. The first-order valence-electron chi connectivity index (χ1n) is 5.02. The highest BCUT2D eigenvalue weighted by Gasteiger charge is 2.22. The fourth-order valence-electron chi connectivity index (χ4n) is 1.83. The number of nitrogens with two attached hydrogens (primary N) is 1. The SMILES string of the molecule is Cl.N[C@H](c1ccsc1)c1cccc2c1OCO2. The van der Waals surface area contributed by atoms with Crippen LogP contribution in [0.4, 0.5) is 0 Å². The molecule has 3 nitrogen and oxygen atoms in total. The number of benzene rings is 1. The first-order valence-corrected chi connectivity index (χ1v) is 5.97. The lowest BCUT2D eigenvalue weighted by molar-refractivity contribution is 0.173. The molecule has 1 aromatic heterocycles. The van der Waals surface area contributed by atoms with Crippen molar-refractivity contribution in [3.63, 3.8) is 0 Å². The predicted molar refractivity (Wildman–Crippen MR) is 70.2 cm³/mol. The van der Waals surface area contributed by atoms with E-state index in [0.29, 0.717) is 0 Å². The van der Waals surface area contributed by atoms with E-state index in [9.17, 15) is 0 Å². The third-order valence-electron chi connectivity index (χ3n) is 2.66. The molecule has 1 atom stereocenters. The lowest BCUT2D eigenvalue weighted by Gasteiger charge is -2.12. The van der Waals surface area contributed by atoms with Crippen molar-refractivity contribution in [2.45, 2.75) is 6.04 Å². The van der Waals surface area contributed by atoms with Crippen LogP contribution in [0, 0.1) is 0 Å². The molecule has 0 unspecified atom stereocenters.